The van der Waals surface area contributed by atoms with E-state index in [0.29, 0.717) is 17.4 Å². The van der Waals surface area contributed by atoms with Crippen LogP contribution >= 0.6 is 11.6 Å². The van der Waals surface area contributed by atoms with Crippen molar-refractivity contribution in [3.8, 4) is 0 Å². The number of anilines is 2. The van der Waals surface area contributed by atoms with Crippen LogP contribution in [0.2, 0.25) is 5.02 Å². The number of para-hydroxylation sites is 1. The van der Waals surface area contributed by atoms with Gasteiger partial charge in [-0.1, -0.05) is 17.7 Å². The normalized spacial score (nSPS) is 15.8. The molecule has 1 amide bonds. The van der Waals surface area contributed by atoms with Gasteiger partial charge < -0.3 is 15.5 Å². The summed E-state index contributed by atoms with van der Waals surface area (Å²) in [5.41, 5.74) is 1.64. The molecular formula is C16H24ClN3O. The molecule has 0 radical (unpaired) electrons. The molecule has 0 atom stereocenters. The number of benzene rings is 1. The summed E-state index contributed by atoms with van der Waals surface area (Å²) in [5, 5.41) is 6.99. The summed E-state index contributed by atoms with van der Waals surface area (Å²) in [6.45, 7) is 2.15. The average Bonchev–Trinajstić information content (AvgIpc) is 2.46. The summed E-state index contributed by atoms with van der Waals surface area (Å²) in [5.74, 6) is 0.739. The molecule has 4 nitrogen and oxygen atoms in total. The van der Waals surface area contributed by atoms with Crippen molar-refractivity contribution in [2.75, 3.05) is 37.4 Å². The second-order valence-corrected chi connectivity index (χ2v) is 6.22. The quantitative estimate of drug-likeness (QED) is 0.878. The van der Waals surface area contributed by atoms with Gasteiger partial charge in [0.25, 0.3) is 0 Å². The summed E-state index contributed by atoms with van der Waals surface area (Å²) in [4.78, 5) is 14.1. The fourth-order valence-electron chi connectivity index (χ4n) is 2.79. The van der Waals surface area contributed by atoms with Gasteiger partial charge in [0, 0.05) is 20.5 Å². The van der Waals surface area contributed by atoms with Crippen LogP contribution < -0.4 is 15.5 Å². The van der Waals surface area contributed by atoms with Crippen molar-refractivity contribution in [3.63, 3.8) is 0 Å². The molecule has 1 aliphatic heterocycles. The lowest BCUT2D eigenvalue weighted by Gasteiger charge is -2.22. The van der Waals surface area contributed by atoms with Crippen LogP contribution in [0, 0.1) is 5.92 Å². The Hall–Kier alpha value is -1.26. The van der Waals surface area contributed by atoms with E-state index >= 15 is 0 Å². The standard InChI is InChI=1S/C16H24ClN3O/c1-20(2)16-13(17)4-3-5-14(16)19-15(21)7-6-12-8-10-18-11-9-12/h3-5,12,18H,6-11H2,1-2H3,(H,19,21). The van der Waals surface area contributed by atoms with Crippen molar-refractivity contribution in [3.05, 3.63) is 23.2 Å². The SMILES string of the molecule is CN(C)c1c(Cl)cccc1NC(=O)CCC1CCNCC1. The number of carbonyl (C=O) groups is 1. The van der Waals surface area contributed by atoms with Crippen molar-refractivity contribution in [1.29, 1.82) is 0 Å². The lowest BCUT2D eigenvalue weighted by molar-refractivity contribution is -0.116. The highest BCUT2D eigenvalue weighted by Crippen LogP contribution is 2.32. The summed E-state index contributed by atoms with van der Waals surface area (Å²) in [7, 11) is 3.85. The zero-order valence-electron chi connectivity index (χ0n) is 12.8. The number of rotatable bonds is 5. The van der Waals surface area contributed by atoms with Crippen molar-refractivity contribution in [1.82, 2.24) is 5.32 Å². The zero-order chi connectivity index (χ0) is 15.2. The Bertz CT molecular complexity index is 484. The van der Waals surface area contributed by atoms with Gasteiger partial charge in [-0.3, -0.25) is 4.79 Å². The monoisotopic (exact) mass is 309 g/mol. The number of hydrogen-bond acceptors (Lipinski definition) is 3. The predicted octanol–water partition coefficient (Wildman–Crippen LogP) is 3.12. The van der Waals surface area contributed by atoms with Crippen LogP contribution in [0.5, 0.6) is 0 Å². The van der Waals surface area contributed by atoms with Crippen LogP contribution in [0.25, 0.3) is 0 Å². The summed E-state index contributed by atoms with van der Waals surface area (Å²) >= 11 is 6.21. The van der Waals surface area contributed by atoms with E-state index in [9.17, 15) is 4.79 Å². The smallest absolute Gasteiger partial charge is 0.224 e. The molecule has 1 aromatic rings. The highest BCUT2D eigenvalue weighted by atomic mass is 35.5. The first-order valence-electron chi connectivity index (χ1n) is 7.54. The van der Waals surface area contributed by atoms with E-state index in [0.717, 1.165) is 30.9 Å². The zero-order valence-corrected chi connectivity index (χ0v) is 13.5. The fourth-order valence-corrected chi connectivity index (χ4v) is 3.13. The predicted molar refractivity (Wildman–Crippen MR) is 89.2 cm³/mol. The van der Waals surface area contributed by atoms with E-state index in [2.05, 4.69) is 10.6 Å². The molecular weight excluding hydrogens is 286 g/mol. The van der Waals surface area contributed by atoms with Crippen LogP contribution in [-0.2, 0) is 4.79 Å². The Morgan fingerprint density at radius 1 is 1.38 bits per heavy atom. The first-order valence-corrected chi connectivity index (χ1v) is 7.92. The third kappa shape index (κ3) is 4.61. The van der Waals surface area contributed by atoms with Gasteiger partial charge in [0.15, 0.2) is 0 Å². The van der Waals surface area contributed by atoms with Crippen molar-refractivity contribution in [2.45, 2.75) is 25.7 Å². The Kier molecular flexibility index (Phi) is 5.88. The lowest BCUT2D eigenvalue weighted by Crippen LogP contribution is -2.28. The fraction of sp³-hybridized carbons (Fsp3) is 0.562. The largest absolute Gasteiger partial charge is 0.375 e. The van der Waals surface area contributed by atoms with E-state index in [1.54, 1.807) is 0 Å². The van der Waals surface area contributed by atoms with E-state index in [4.69, 9.17) is 11.6 Å². The summed E-state index contributed by atoms with van der Waals surface area (Å²) in [6, 6.07) is 5.59. The van der Waals surface area contributed by atoms with Gasteiger partial charge in [0.05, 0.1) is 16.4 Å². The molecule has 1 aromatic carbocycles. The van der Waals surface area contributed by atoms with Gasteiger partial charge in [-0.25, -0.2) is 0 Å². The minimum atomic E-state index is 0.0684. The molecule has 0 bridgehead atoms. The second kappa shape index (κ2) is 7.66. The number of halogens is 1. The second-order valence-electron chi connectivity index (χ2n) is 5.81. The van der Waals surface area contributed by atoms with Crippen LogP contribution in [0.4, 0.5) is 11.4 Å². The topological polar surface area (TPSA) is 44.4 Å². The van der Waals surface area contributed by atoms with E-state index < -0.39 is 0 Å². The maximum atomic E-state index is 12.2. The minimum absolute atomic E-state index is 0.0684. The van der Waals surface area contributed by atoms with Crippen LogP contribution in [0.1, 0.15) is 25.7 Å². The Labute approximate surface area is 131 Å². The molecule has 0 aliphatic carbocycles. The molecule has 0 spiro atoms. The van der Waals surface area contributed by atoms with Crippen LogP contribution in [0.15, 0.2) is 18.2 Å². The summed E-state index contributed by atoms with van der Waals surface area (Å²) < 4.78 is 0. The van der Waals surface area contributed by atoms with Gasteiger partial charge in [0.1, 0.15) is 0 Å². The van der Waals surface area contributed by atoms with Crippen molar-refractivity contribution < 1.29 is 4.79 Å². The Morgan fingerprint density at radius 3 is 2.76 bits per heavy atom. The number of carbonyl (C=O) groups excluding carboxylic acids is 1. The number of amides is 1. The maximum Gasteiger partial charge on any atom is 0.224 e. The van der Waals surface area contributed by atoms with Gasteiger partial charge in [0.2, 0.25) is 5.91 Å². The van der Waals surface area contributed by atoms with Gasteiger partial charge >= 0.3 is 0 Å². The Balaban J connectivity index is 1.91. The molecule has 1 saturated heterocycles. The molecule has 21 heavy (non-hydrogen) atoms. The molecule has 1 aliphatic rings. The third-order valence-corrected chi connectivity index (χ3v) is 4.25. The minimum Gasteiger partial charge on any atom is -0.375 e. The first kappa shape index (κ1) is 16.1. The van der Waals surface area contributed by atoms with Gasteiger partial charge in [-0.15, -0.1) is 0 Å². The highest BCUT2D eigenvalue weighted by Gasteiger charge is 2.16. The number of nitrogens with zero attached hydrogens (tertiary/aromatic N) is 1. The maximum absolute atomic E-state index is 12.2. The van der Waals surface area contributed by atoms with Gasteiger partial charge in [-0.2, -0.15) is 0 Å². The molecule has 0 aromatic heterocycles. The van der Waals surface area contributed by atoms with Crippen molar-refractivity contribution in [2.24, 2.45) is 5.92 Å². The van der Waals surface area contributed by atoms with E-state index in [1.165, 1.54) is 12.8 Å². The summed E-state index contributed by atoms with van der Waals surface area (Å²) in [6.07, 6.45) is 3.89. The molecule has 1 heterocycles. The number of hydrogen-bond donors (Lipinski definition) is 2. The first-order chi connectivity index (χ1) is 10.1. The highest BCUT2D eigenvalue weighted by molar-refractivity contribution is 6.34. The molecule has 116 valence electrons. The molecule has 2 N–H and O–H groups in total. The lowest BCUT2D eigenvalue weighted by atomic mass is 9.93. The van der Waals surface area contributed by atoms with Crippen LogP contribution in [-0.4, -0.2) is 33.1 Å². The molecule has 5 heteroatoms. The molecule has 1 fully saturated rings. The van der Waals surface area contributed by atoms with Crippen molar-refractivity contribution >= 4 is 28.9 Å². The van der Waals surface area contributed by atoms with E-state index in [1.807, 2.05) is 37.2 Å². The number of nitrogens with one attached hydrogen (secondary N) is 2. The molecule has 0 saturated carbocycles. The average molecular weight is 310 g/mol. The molecule has 2 rings (SSSR count). The Morgan fingerprint density at radius 2 is 2.10 bits per heavy atom. The molecule has 0 unspecified atom stereocenters. The van der Waals surface area contributed by atoms with E-state index in [-0.39, 0.29) is 5.91 Å². The third-order valence-electron chi connectivity index (χ3n) is 3.95. The number of piperidine rings is 1. The van der Waals surface area contributed by atoms with Gasteiger partial charge in [-0.05, 0) is 50.4 Å². The van der Waals surface area contributed by atoms with Crippen LogP contribution in [0.3, 0.4) is 0 Å².